The summed E-state index contributed by atoms with van der Waals surface area (Å²) >= 11 is 15.9. The highest BCUT2D eigenvalue weighted by Crippen LogP contribution is 2.33. The first-order valence-electron chi connectivity index (χ1n) is 13.5. The zero-order chi connectivity index (χ0) is 30.7. The normalized spacial score (nSPS) is 14.7. The van der Waals surface area contributed by atoms with Crippen LogP contribution >= 0.6 is 57.1 Å². The van der Waals surface area contributed by atoms with Gasteiger partial charge >= 0.3 is 5.97 Å². The lowest BCUT2D eigenvalue weighted by Gasteiger charge is -2.24. The zero-order valence-corrected chi connectivity index (χ0v) is 28.0. The van der Waals surface area contributed by atoms with Crippen LogP contribution in [-0.2, 0) is 16.1 Å². The third kappa shape index (κ3) is 6.85. The standard InChI is InChI=1S/C32H27Cl2IN2O5S/c1-4-40-24-12-8-20(9-13-24)28-27(31(39)41-5-2)18(3)36-32-37(28)30(38)26(43-32)15-21-14-23(34)16-25(35)29(21)42-17-19-6-10-22(33)11-7-19/h6-16,28H,4-5,17H2,1-3H3/b26-15-/t28-/m0/s1. The summed E-state index contributed by atoms with van der Waals surface area (Å²) in [6.07, 6.45) is 1.76. The van der Waals surface area contributed by atoms with Crippen molar-refractivity contribution in [1.82, 2.24) is 4.57 Å². The molecule has 0 amide bonds. The molecule has 0 saturated carbocycles. The Morgan fingerprint density at radius 2 is 1.74 bits per heavy atom. The number of hydrogen-bond acceptors (Lipinski definition) is 7. The largest absolute Gasteiger partial charge is 0.494 e. The van der Waals surface area contributed by atoms with Crippen LogP contribution in [0.15, 0.2) is 81.7 Å². The lowest BCUT2D eigenvalue weighted by Crippen LogP contribution is -2.39. The number of nitrogens with zero attached hydrogens (tertiary/aromatic N) is 2. The summed E-state index contributed by atoms with van der Waals surface area (Å²) in [6, 6.07) is 17.6. The van der Waals surface area contributed by atoms with Crippen molar-refractivity contribution in [3.8, 4) is 11.5 Å². The number of esters is 1. The molecule has 0 spiro atoms. The number of hydrogen-bond donors (Lipinski definition) is 0. The number of fused-ring (bicyclic) bond motifs is 1. The van der Waals surface area contributed by atoms with Gasteiger partial charge in [0.05, 0.1) is 38.6 Å². The van der Waals surface area contributed by atoms with Crippen molar-refractivity contribution in [2.45, 2.75) is 33.4 Å². The maximum absolute atomic E-state index is 14.1. The van der Waals surface area contributed by atoms with Crippen LogP contribution in [0.2, 0.25) is 10.0 Å². The molecule has 0 radical (unpaired) electrons. The minimum Gasteiger partial charge on any atom is -0.494 e. The van der Waals surface area contributed by atoms with E-state index in [-0.39, 0.29) is 12.2 Å². The van der Waals surface area contributed by atoms with E-state index < -0.39 is 12.0 Å². The van der Waals surface area contributed by atoms with Gasteiger partial charge in [0.15, 0.2) is 4.80 Å². The molecule has 0 aliphatic carbocycles. The summed E-state index contributed by atoms with van der Waals surface area (Å²) < 4.78 is 20.0. The molecule has 43 heavy (non-hydrogen) atoms. The van der Waals surface area contributed by atoms with E-state index >= 15 is 0 Å². The van der Waals surface area contributed by atoms with Crippen LogP contribution in [0.4, 0.5) is 0 Å². The lowest BCUT2D eigenvalue weighted by atomic mass is 9.96. The number of ether oxygens (including phenoxy) is 3. The van der Waals surface area contributed by atoms with E-state index in [4.69, 9.17) is 37.4 Å². The Balaban J connectivity index is 1.63. The highest BCUT2D eigenvalue weighted by Gasteiger charge is 2.33. The molecule has 1 aliphatic rings. The number of rotatable bonds is 9. The van der Waals surface area contributed by atoms with Gasteiger partial charge in [0.2, 0.25) is 0 Å². The third-order valence-electron chi connectivity index (χ3n) is 6.64. The van der Waals surface area contributed by atoms with Crippen LogP contribution in [0.5, 0.6) is 11.5 Å². The molecule has 222 valence electrons. The predicted octanol–water partition coefficient (Wildman–Crippen LogP) is 6.69. The molecule has 2 heterocycles. The van der Waals surface area contributed by atoms with Crippen LogP contribution in [0.3, 0.4) is 0 Å². The van der Waals surface area contributed by atoms with Gasteiger partial charge in [-0.3, -0.25) is 9.36 Å². The van der Waals surface area contributed by atoms with E-state index in [1.807, 2.05) is 55.5 Å². The van der Waals surface area contributed by atoms with Gasteiger partial charge in [-0.25, -0.2) is 9.79 Å². The quantitative estimate of drug-likeness (QED) is 0.141. The summed E-state index contributed by atoms with van der Waals surface area (Å²) in [6.45, 7) is 6.43. The molecule has 0 bridgehead atoms. The summed E-state index contributed by atoms with van der Waals surface area (Å²) in [5, 5.41) is 1.15. The molecule has 4 aromatic rings. The minimum absolute atomic E-state index is 0.197. The van der Waals surface area contributed by atoms with E-state index in [1.54, 1.807) is 36.6 Å². The van der Waals surface area contributed by atoms with Crippen molar-refractivity contribution >= 4 is 69.2 Å². The Morgan fingerprint density at radius 3 is 2.42 bits per heavy atom. The molecular formula is C32H27Cl2IN2O5S. The first-order valence-corrected chi connectivity index (χ1v) is 16.1. The molecule has 0 saturated heterocycles. The Bertz CT molecular complexity index is 1880. The van der Waals surface area contributed by atoms with Crippen molar-refractivity contribution < 1.29 is 19.0 Å². The number of carbonyl (C=O) groups excluding carboxylic acids is 1. The molecule has 11 heteroatoms. The van der Waals surface area contributed by atoms with E-state index in [2.05, 4.69) is 27.6 Å². The molecule has 0 unspecified atom stereocenters. The van der Waals surface area contributed by atoms with Crippen LogP contribution in [-0.4, -0.2) is 23.8 Å². The van der Waals surface area contributed by atoms with Crippen LogP contribution in [0.25, 0.3) is 6.08 Å². The molecule has 0 N–H and O–H groups in total. The van der Waals surface area contributed by atoms with Crippen molar-refractivity contribution in [3.63, 3.8) is 0 Å². The highest BCUT2D eigenvalue weighted by atomic mass is 127. The van der Waals surface area contributed by atoms with Crippen LogP contribution in [0, 0.1) is 3.57 Å². The van der Waals surface area contributed by atoms with Crippen molar-refractivity contribution in [3.05, 3.63) is 122 Å². The summed E-state index contributed by atoms with van der Waals surface area (Å²) in [4.78, 5) is 32.4. The fourth-order valence-corrected chi connectivity index (χ4v) is 7.11. The van der Waals surface area contributed by atoms with Gasteiger partial charge in [-0.05, 0) is 97.0 Å². The number of aromatic nitrogens is 1. The summed E-state index contributed by atoms with van der Waals surface area (Å²) in [5.41, 5.74) is 2.84. The molecular weight excluding hydrogens is 722 g/mol. The topological polar surface area (TPSA) is 79.1 Å². The number of thiazole rings is 1. The van der Waals surface area contributed by atoms with Crippen molar-refractivity contribution in [2.24, 2.45) is 4.99 Å². The van der Waals surface area contributed by atoms with Gasteiger partial charge in [-0.1, -0.05) is 58.8 Å². The van der Waals surface area contributed by atoms with Gasteiger partial charge < -0.3 is 14.2 Å². The number of halogens is 3. The molecule has 7 nitrogen and oxygen atoms in total. The van der Waals surface area contributed by atoms with Crippen molar-refractivity contribution in [1.29, 1.82) is 0 Å². The van der Waals surface area contributed by atoms with E-state index in [9.17, 15) is 9.59 Å². The second kappa shape index (κ2) is 13.7. The van der Waals surface area contributed by atoms with Gasteiger partial charge in [0.1, 0.15) is 18.1 Å². The molecule has 1 aliphatic heterocycles. The van der Waals surface area contributed by atoms with Crippen molar-refractivity contribution in [2.75, 3.05) is 13.2 Å². The molecule has 0 fully saturated rings. The Kier molecular flexibility index (Phi) is 9.95. The second-order valence-corrected chi connectivity index (χ2v) is 12.6. The molecule has 3 aromatic carbocycles. The Labute approximate surface area is 276 Å². The fourth-order valence-electron chi connectivity index (χ4n) is 4.74. The third-order valence-corrected chi connectivity index (χ3v) is 8.90. The fraction of sp³-hybridized carbons (Fsp3) is 0.219. The van der Waals surface area contributed by atoms with E-state index in [1.165, 1.54) is 11.3 Å². The molecule has 5 rings (SSSR count). The SMILES string of the molecule is CCOC(=O)C1=C(C)N=c2s/c(=C\c3cc(Cl)cc(I)c3OCc3ccc(Cl)cc3)c(=O)n2[C@H]1c1ccc(OCC)cc1. The first kappa shape index (κ1) is 31.3. The number of benzene rings is 3. The van der Waals surface area contributed by atoms with Crippen LogP contribution in [0.1, 0.15) is 43.5 Å². The maximum atomic E-state index is 14.1. The first-order chi connectivity index (χ1) is 20.7. The number of carbonyl (C=O) groups is 1. The Morgan fingerprint density at radius 1 is 1.02 bits per heavy atom. The monoisotopic (exact) mass is 748 g/mol. The number of allylic oxidation sites excluding steroid dienone is 1. The summed E-state index contributed by atoms with van der Waals surface area (Å²) in [7, 11) is 0. The molecule has 1 aromatic heterocycles. The zero-order valence-electron chi connectivity index (χ0n) is 23.5. The van der Waals surface area contributed by atoms with Gasteiger partial charge in [-0.2, -0.15) is 0 Å². The minimum atomic E-state index is -0.728. The Hall–Kier alpha value is -3.12. The molecule has 1 atom stereocenters. The average Bonchev–Trinajstić information content (AvgIpc) is 3.27. The van der Waals surface area contributed by atoms with E-state index in [0.29, 0.717) is 60.9 Å². The maximum Gasteiger partial charge on any atom is 0.338 e. The predicted molar refractivity (Wildman–Crippen MR) is 178 cm³/mol. The van der Waals surface area contributed by atoms with Gasteiger partial charge in [-0.15, -0.1) is 0 Å². The van der Waals surface area contributed by atoms with Crippen LogP contribution < -0.4 is 24.4 Å². The van der Waals surface area contributed by atoms with E-state index in [0.717, 1.165) is 14.7 Å². The smallest absolute Gasteiger partial charge is 0.338 e. The van der Waals surface area contributed by atoms with Gasteiger partial charge in [0, 0.05) is 15.6 Å². The summed E-state index contributed by atoms with van der Waals surface area (Å²) in [5.74, 6) is 0.773. The van der Waals surface area contributed by atoms with Gasteiger partial charge in [0.25, 0.3) is 5.56 Å². The average molecular weight is 749 g/mol. The second-order valence-electron chi connectivity index (χ2n) is 9.53. The lowest BCUT2D eigenvalue weighted by molar-refractivity contribution is -0.139. The highest BCUT2D eigenvalue weighted by molar-refractivity contribution is 14.1.